The van der Waals surface area contributed by atoms with E-state index in [2.05, 4.69) is 30.7 Å². The number of fused-ring (bicyclic) bond motifs is 2. The molecule has 1 aromatic rings. The van der Waals surface area contributed by atoms with E-state index in [0.717, 1.165) is 68.7 Å². The first-order chi connectivity index (χ1) is 11.8. The number of hydrogen-bond acceptors (Lipinski definition) is 3. The van der Waals surface area contributed by atoms with Crippen molar-refractivity contribution in [3.63, 3.8) is 0 Å². The van der Waals surface area contributed by atoms with Crippen molar-refractivity contribution in [1.29, 1.82) is 0 Å². The van der Waals surface area contributed by atoms with Gasteiger partial charge in [0.15, 0.2) is 0 Å². The number of carbonyl (C=O) groups excluding carboxylic acids is 1. The number of hydrogen-bond donors (Lipinski definition) is 1. The first kappa shape index (κ1) is 16.8. The number of aromatic nitrogens is 2. The van der Waals surface area contributed by atoms with Crippen molar-refractivity contribution in [3.8, 4) is 0 Å². The molecule has 5 heteroatoms. The SMILES string of the molecule is CC(C)(C)c1nc2c(c(=O)[nH]1)CCC21CCN(C(=O)C2CCC2)CC1. The van der Waals surface area contributed by atoms with E-state index in [1.54, 1.807) is 0 Å². The fraction of sp³-hybridized carbons (Fsp3) is 0.750. The summed E-state index contributed by atoms with van der Waals surface area (Å²) in [4.78, 5) is 35.1. The summed E-state index contributed by atoms with van der Waals surface area (Å²) in [5.74, 6) is 1.41. The summed E-state index contributed by atoms with van der Waals surface area (Å²) in [5.41, 5.74) is 1.78. The minimum absolute atomic E-state index is 0.0000131. The second kappa shape index (κ2) is 5.68. The molecular weight excluding hydrogens is 314 g/mol. The molecule has 1 saturated heterocycles. The number of piperidine rings is 1. The van der Waals surface area contributed by atoms with Crippen LogP contribution in [0.5, 0.6) is 0 Å². The predicted octanol–water partition coefficient (Wildman–Crippen LogP) is 2.67. The summed E-state index contributed by atoms with van der Waals surface area (Å²) in [6.45, 7) is 7.87. The number of nitrogens with zero attached hydrogens (tertiary/aromatic N) is 2. The highest BCUT2D eigenvalue weighted by Crippen LogP contribution is 2.45. The number of aromatic amines is 1. The van der Waals surface area contributed by atoms with Crippen molar-refractivity contribution >= 4 is 5.91 Å². The third kappa shape index (κ3) is 2.72. The molecule has 1 saturated carbocycles. The Bertz CT molecular complexity index is 747. The zero-order chi connectivity index (χ0) is 17.8. The Kier molecular flexibility index (Phi) is 3.82. The molecule has 2 aliphatic carbocycles. The highest BCUT2D eigenvalue weighted by atomic mass is 16.2. The molecule has 2 heterocycles. The van der Waals surface area contributed by atoms with Gasteiger partial charge in [0.2, 0.25) is 5.91 Å². The van der Waals surface area contributed by atoms with Crippen molar-refractivity contribution in [2.45, 2.75) is 76.5 Å². The maximum atomic E-state index is 12.6. The summed E-state index contributed by atoms with van der Waals surface area (Å²) < 4.78 is 0. The molecule has 1 amide bonds. The largest absolute Gasteiger partial charge is 0.342 e. The summed E-state index contributed by atoms with van der Waals surface area (Å²) in [7, 11) is 0. The molecule has 3 aliphatic rings. The van der Waals surface area contributed by atoms with E-state index in [-0.39, 0.29) is 22.3 Å². The van der Waals surface area contributed by atoms with Crippen LogP contribution in [0.1, 0.15) is 76.4 Å². The number of H-pyrrole nitrogens is 1. The molecule has 2 fully saturated rings. The van der Waals surface area contributed by atoms with Gasteiger partial charge in [-0.25, -0.2) is 4.98 Å². The van der Waals surface area contributed by atoms with Gasteiger partial charge in [-0.3, -0.25) is 9.59 Å². The molecule has 4 rings (SSSR count). The standard InChI is InChI=1S/C20H29N3O2/c1-19(2,3)18-21-15-14(16(24)22-18)7-8-20(15)9-11-23(12-10-20)17(25)13-5-4-6-13/h13H,4-12H2,1-3H3,(H,21,22,24). The maximum Gasteiger partial charge on any atom is 0.254 e. The molecule has 1 spiro atoms. The van der Waals surface area contributed by atoms with Gasteiger partial charge in [0.25, 0.3) is 5.56 Å². The number of carbonyl (C=O) groups is 1. The number of nitrogens with one attached hydrogen (secondary N) is 1. The van der Waals surface area contributed by atoms with E-state index < -0.39 is 0 Å². The van der Waals surface area contributed by atoms with Crippen LogP contribution >= 0.6 is 0 Å². The molecule has 0 aromatic carbocycles. The van der Waals surface area contributed by atoms with Gasteiger partial charge in [-0.05, 0) is 38.5 Å². The Morgan fingerprint density at radius 1 is 1.20 bits per heavy atom. The Morgan fingerprint density at radius 2 is 1.88 bits per heavy atom. The first-order valence-electron chi connectivity index (χ1n) is 9.73. The topological polar surface area (TPSA) is 66.1 Å². The van der Waals surface area contributed by atoms with E-state index in [9.17, 15) is 9.59 Å². The predicted molar refractivity (Wildman–Crippen MR) is 96.7 cm³/mol. The van der Waals surface area contributed by atoms with Gasteiger partial charge < -0.3 is 9.88 Å². The zero-order valence-electron chi connectivity index (χ0n) is 15.7. The molecule has 0 atom stereocenters. The minimum Gasteiger partial charge on any atom is -0.342 e. The van der Waals surface area contributed by atoms with Crippen molar-refractivity contribution < 1.29 is 4.79 Å². The highest BCUT2D eigenvalue weighted by molar-refractivity contribution is 5.79. The van der Waals surface area contributed by atoms with Gasteiger partial charge >= 0.3 is 0 Å². The van der Waals surface area contributed by atoms with E-state index in [4.69, 9.17) is 4.98 Å². The van der Waals surface area contributed by atoms with E-state index >= 15 is 0 Å². The first-order valence-corrected chi connectivity index (χ1v) is 9.73. The molecule has 25 heavy (non-hydrogen) atoms. The van der Waals surface area contributed by atoms with Crippen molar-refractivity contribution in [2.75, 3.05) is 13.1 Å². The second-order valence-corrected chi connectivity index (χ2v) is 9.23. The normalized spacial score (nSPS) is 22.8. The lowest BCUT2D eigenvalue weighted by molar-refractivity contribution is -0.139. The van der Waals surface area contributed by atoms with Crippen LogP contribution in [0.2, 0.25) is 0 Å². The third-order valence-electron chi connectivity index (χ3n) is 6.57. The molecular formula is C20H29N3O2. The molecule has 1 N–H and O–H groups in total. The van der Waals surface area contributed by atoms with Gasteiger partial charge in [0.1, 0.15) is 5.82 Å². The van der Waals surface area contributed by atoms with Gasteiger partial charge in [-0.2, -0.15) is 0 Å². The van der Waals surface area contributed by atoms with Crippen molar-refractivity contribution in [2.24, 2.45) is 5.92 Å². The van der Waals surface area contributed by atoms with E-state index in [1.807, 2.05) is 0 Å². The maximum absolute atomic E-state index is 12.6. The smallest absolute Gasteiger partial charge is 0.254 e. The number of amides is 1. The van der Waals surface area contributed by atoms with Crippen LogP contribution < -0.4 is 5.56 Å². The van der Waals surface area contributed by atoms with Crippen LogP contribution in [0, 0.1) is 5.92 Å². The van der Waals surface area contributed by atoms with Gasteiger partial charge in [0.05, 0.1) is 5.69 Å². The third-order valence-corrected chi connectivity index (χ3v) is 6.57. The van der Waals surface area contributed by atoms with Gasteiger partial charge in [0, 0.05) is 35.4 Å². The van der Waals surface area contributed by atoms with Gasteiger partial charge in [-0.15, -0.1) is 0 Å². The van der Waals surface area contributed by atoms with Crippen LogP contribution in [0.4, 0.5) is 0 Å². The lowest BCUT2D eigenvalue weighted by Gasteiger charge is -2.41. The van der Waals surface area contributed by atoms with E-state index in [0.29, 0.717) is 5.91 Å². The molecule has 0 unspecified atom stereocenters. The molecule has 0 bridgehead atoms. The zero-order valence-corrected chi connectivity index (χ0v) is 15.7. The second-order valence-electron chi connectivity index (χ2n) is 9.23. The average Bonchev–Trinajstić information content (AvgIpc) is 2.85. The van der Waals surface area contributed by atoms with Gasteiger partial charge in [-0.1, -0.05) is 27.2 Å². The summed E-state index contributed by atoms with van der Waals surface area (Å²) in [6, 6.07) is 0. The summed E-state index contributed by atoms with van der Waals surface area (Å²) >= 11 is 0. The molecule has 5 nitrogen and oxygen atoms in total. The van der Waals surface area contributed by atoms with Crippen molar-refractivity contribution in [3.05, 3.63) is 27.4 Å². The molecule has 136 valence electrons. The number of rotatable bonds is 1. The van der Waals surface area contributed by atoms with Crippen molar-refractivity contribution in [1.82, 2.24) is 14.9 Å². The Labute approximate surface area is 149 Å². The Balaban J connectivity index is 1.59. The number of likely N-dealkylation sites (tertiary alicyclic amines) is 1. The highest BCUT2D eigenvalue weighted by Gasteiger charge is 2.45. The van der Waals surface area contributed by atoms with Crippen LogP contribution in [-0.2, 0) is 22.0 Å². The summed E-state index contributed by atoms with van der Waals surface area (Å²) in [5, 5.41) is 0. The van der Waals surface area contributed by atoms with Crippen LogP contribution in [0.25, 0.3) is 0 Å². The van der Waals surface area contributed by atoms with E-state index in [1.165, 1.54) is 6.42 Å². The monoisotopic (exact) mass is 343 g/mol. The Morgan fingerprint density at radius 3 is 2.44 bits per heavy atom. The van der Waals surface area contributed by atoms with Crippen LogP contribution in [0.3, 0.4) is 0 Å². The van der Waals surface area contributed by atoms with Crippen LogP contribution in [0.15, 0.2) is 4.79 Å². The fourth-order valence-electron chi connectivity index (χ4n) is 4.56. The Hall–Kier alpha value is -1.65. The fourth-order valence-corrected chi connectivity index (χ4v) is 4.56. The summed E-state index contributed by atoms with van der Waals surface area (Å²) in [6.07, 6.45) is 7.03. The molecule has 1 aromatic heterocycles. The molecule has 0 radical (unpaired) electrons. The lowest BCUT2D eigenvalue weighted by atomic mass is 9.75. The minimum atomic E-state index is -0.168. The average molecular weight is 343 g/mol. The quantitative estimate of drug-likeness (QED) is 0.852. The van der Waals surface area contributed by atoms with Crippen LogP contribution in [-0.4, -0.2) is 33.9 Å². The lowest BCUT2D eigenvalue weighted by Crippen LogP contribution is -2.48. The molecule has 1 aliphatic heterocycles.